The van der Waals surface area contributed by atoms with Crippen LogP contribution in [-0.2, 0) is 0 Å². The number of nitrogens with one attached hydrogen (secondary N) is 1. The lowest BCUT2D eigenvalue weighted by molar-refractivity contribution is 0.102. The van der Waals surface area contributed by atoms with Crippen LogP contribution in [-0.4, -0.2) is 10.9 Å². The monoisotopic (exact) mass is 435 g/mol. The third kappa shape index (κ3) is 4.87. The second kappa shape index (κ2) is 8.69. The van der Waals surface area contributed by atoms with Gasteiger partial charge >= 0.3 is 0 Å². The minimum atomic E-state index is -0.343. The van der Waals surface area contributed by atoms with Crippen molar-refractivity contribution in [3.63, 3.8) is 0 Å². The second-order valence-electron chi connectivity index (χ2n) is 6.01. The lowest BCUT2D eigenvalue weighted by Crippen LogP contribution is -2.12. The molecule has 1 aromatic heterocycles. The van der Waals surface area contributed by atoms with E-state index in [9.17, 15) is 4.79 Å². The van der Waals surface area contributed by atoms with Crippen molar-refractivity contribution in [2.45, 2.75) is 13.0 Å². The number of nitrogens with zero attached hydrogens (tertiary/aromatic N) is 1. The van der Waals surface area contributed by atoms with Gasteiger partial charge in [0, 0.05) is 23.5 Å². The van der Waals surface area contributed by atoms with Gasteiger partial charge in [0.25, 0.3) is 5.91 Å². The number of carbonyl (C=O) groups is 1. The van der Waals surface area contributed by atoms with Crippen LogP contribution in [0.3, 0.4) is 0 Å². The minimum Gasteiger partial charge on any atom is -0.482 e. The molecule has 0 radical (unpaired) electrons. The molecule has 0 aliphatic carbocycles. The Labute approximate surface area is 177 Å². The van der Waals surface area contributed by atoms with Crippen molar-refractivity contribution < 1.29 is 9.53 Å². The number of rotatable bonds is 5. The van der Waals surface area contributed by atoms with Gasteiger partial charge in [-0.25, -0.2) is 4.98 Å². The molecule has 1 unspecified atom stereocenters. The van der Waals surface area contributed by atoms with Crippen LogP contribution >= 0.6 is 34.8 Å². The molecule has 0 aliphatic heterocycles. The molecular weight excluding hydrogens is 421 g/mol. The van der Waals surface area contributed by atoms with E-state index in [0.717, 1.165) is 5.56 Å². The molecule has 1 heterocycles. The van der Waals surface area contributed by atoms with E-state index in [2.05, 4.69) is 10.3 Å². The normalized spacial score (nSPS) is 11.7. The number of hydrogen-bond acceptors (Lipinski definition) is 4. The second-order valence-corrected chi connectivity index (χ2v) is 7.26. The first-order chi connectivity index (χ1) is 13.3. The highest BCUT2D eigenvalue weighted by atomic mass is 35.5. The van der Waals surface area contributed by atoms with Gasteiger partial charge in [-0.3, -0.25) is 4.79 Å². The summed E-state index contributed by atoms with van der Waals surface area (Å²) in [5, 5.41) is 3.97. The molecule has 8 heteroatoms. The summed E-state index contributed by atoms with van der Waals surface area (Å²) in [6, 6.07) is 13.6. The van der Waals surface area contributed by atoms with E-state index in [0.29, 0.717) is 32.1 Å². The predicted molar refractivity (Wildman–Crippen MR) is 114 cm³/mol. The largest absolute Gasteiger partial charge is 0.482 e. The summed E-state index contributed by atoms with van der Waals surface area (Å²) in [5.74, 6) is 0.346. The molecule has 0 bridgehead atoms. The molecule has 0 aliphatic rings. The maximum atomic E-state index is 12.4. The maximum absolute atomic E-state index is 12.4. The number of aromatic nitrogens is 1. The molecule has 3 N–H and O–H groups in total. The molecule has 1 amide bonds. The summed E-state index contributed by atoms with van der Waals surface area (Å²) in [4.78, 5) is 16.4. The van der Waals surface area contributed by atoms with Crippen LogP contribution in [0.2, 0.25) is 15.1 Å². The lowest BCUT2D eigenvalue weighted by Gasteiger charge is -2.17. The molecule has 28 heavy (non-hydrogen) atoms. The number of hydrogen-bond donors (Lipinski definition) is 2. The van der Waals surface area contributed by atoms with Gasteiger partial charge in [-0.2, -0.15) is 0 Å². The number of halogens is 3. The summed E-state index contributed by atoms with van der Waals surface area (Å²) in [7, 11) is 0. The van der Waals surface area contributed by atoms with E-state index in [1.54, 1.807) is 24.3 Å². The number of nitrogen functional groups attached to an aromatic ring is 1. The maximum Gasteiger partial charge on any atom is 0.255 e. The van der Waals surface area contributed by atoms with E-state index < -0.39 is 0 Å². The van der Waals surface area contributed by atoms with Gasteiger partial charge in [0.15, 0.2) is 11.6 Å². The van der Waals surface area contributed by atoms with Crippen molar-refractivity contribution >= 4 is 52.2 Å². The Morgan fingerprint density at radius 1 is 1.11 bits per heavy atom. The molecule has 144 valence electrons. The topological polar surface area (TPSA) is 77.2 Å². The molecule has 0 spiro atoms. The molecular formula is C20H16Cl3N3O2. The highest BCUT2D eigenvalue weighted by molar-refractivity contribution is 6.42. The van der Waals surface area contributed by atoms with Crippen LogP contribution in [0.15, 0.2) is 54.7 Å². The average molecular weight is 437 g/mol. The molecule has 5 nitrogen and oxygen atoms in total. The Kier molecular flexibility index (Phi) is 6.29. The molecule has 0 saturated heterocycles. The highest BCUT2D eigenvalue weighted by Crippen LogP contribution is 2.29. The number of benzene rings is 2. The van der Waals surface area contributed by atoms with Crippen molar-refractivity contribution in [1.82, 2.24) is 4.98 Å². The SMILES string of the molecule is CC(Oc1cc(Cl)cnc1N)c1cccc(NC(=O)c2ccc(Cl)c(Cl)c2)c1. The summed E-state index contributed by atoms with van der Waals surface area (Å²) < 4.78 is 5.87. The van der Waals surface area contributed by atoms with Crippen LogP contribution in [0, 0.1) is 0 Å². The zero-order chi connectivity index (χ0) is 20.3. The summed E-state index contributed by atoms with van der Waals surface area (Å²) in [6.07, 6.45) is 1.11. The van der Waals surface area contributed by atoms with Crippen LogP contribution in [0.4, 0.5) is 11.5 Å². The van der Waals surface area contributed by atoms with Gasteiger partial charge in [-0.05, 0) is 42.8 Å². The van der Waals surface area contributed by atoms with Crippen molar-refractivity contribution in [2.75, 3.05) is 11.1 Å². The number of nitrogens with two attached hydrogens (primary N) is 1. The van der Waals surface area contributed by atoms with E-state index in [1.807, 2.05) is 25.1 Å². The number of pyridine rings is 1. The number of anilines is 2. The van der Waals surface area contributed by atoms with Crippen molar-refractivity contribution in [2.24, 2.45) is 0 Å². The highest BCUT2D eigenvalue weighted by Gasteiger charge is 2.13. The first-order valence-electron chi connectivity index (χ1n) is 8.27. The van der Waals surface area contributed by atoms with E-state index in [4.69, 9.17) is 45.3 Å². The Balaban J connectivity index is 1.75. The quantitative estimate of drug-likeness (QED) is 0.513. The summed E-state index contributed by atoms with van der Waals surface area (Å²) >= 11 is 17.8. The fourth-order valence-electron chi connectivity index (χ4n) is 2.49. The first-order valence-corrected chi connectivity index (χ1v) is 9.41. The van der Waals surface area contributed by atoms with E-state index in [1.165, 1.54) is 12.3 Å². The Morgan fingerprint density at radius 3 is 2.64 bits per heavy atom. The molecule has 3 rings (SSSR count). The zero-order valence-corrected chi connectivity index (χ0v) is 17.0. The van der Waals surface area contributed by atoms with Crippen molar-refractivity contribution in [3.8, 4) is 5.75 Å². The van der Waals surface area contributed by atoms with E-state index in [-0.39, 0.29) is 17.8 Å². The van der Waals surface area contributed by atoms with Crippen LogP contribution in [0.25, 0.3) is 0 Å². The van der Waals surface area contributed by atoms with Crippen LogP contribution in [0.5, 0.6) is 5.75 Å². The minimum absolute atomic E-state index is 0.250. The molecule has 3 aromatic rings. The summed E-state index contributed by atoms with van der Waals surface area (Å²) in [5.41, 5.74) is 7.68. The Hall–Kier alpha value is -2.47. The first kappa shape index (κ1) is 20.3. The van der Waals surface area contributed by atoms with Gasteiger partial charge in [-0.15, -0.1) is 0 Å². The fraction of sp³-hybridized carbons (Fsp3) is 0.100. The third-order valence-corrected chi connectivity index (χ3v) is 4.89. The fourth-order valence-corrected chi connectivity index (χ4v) is 2.94. The van der Waals surface area contributed by atoms with Gasteiger partial charge in [0.05, 0.1) is 15.1 Å². The Morgan fingerprint density at radius 2 is 1.89 bits per heavy atom. The van der Waals surface area contributed by atoms with Crippen molar-refractivity contribution in [3.05, 3.63) is 80.9 Å². The smallest absolute Gasteiger partial charge is 0.255 e. The average Bonchev–Trinajstić information content (AvgIpc) is 2.67. The molecule has 0 saturated carbocycles. The Bertz CT molecular complexity index is 1030. The zero-order valence-electron chi connectivity index (χ0n) is 14.7. The van der Waals surface area contributed by atoms with Gasteiger partial charge in [0.2, 0.25) is 0 Å². The van der Waals surface area contributed by atoms with E-state index >= 15 is 0 Å². The number of carbonyl (C=O) groups excluding carboxylic acids is 1. The van der Waals surface area contributed by atoms with Crippen LogP contribution in [0.1, 0.15) is 28.9 Å². The van der Waals surface area contributed by atoms with Crippen molar-refractivity contribution in [1.29, 1.82) is 0 Å². The predicted octanol–water partition coefficient (Wildman–Crippen LogP) is 6.02. The van der Waals surface area contributed by atoms with Gasteiger partial charge in [-0.1, -0.05) is 46.9 Å². The van der Waals surface area contributed by atoms with Gasteiger partial charge in [0.1, 0.15) is 6.10 Å². The number of amides is 1. The standard InChI is InChI=1S/C20H16Cl3N3O2/c1-11(28-18-9-14(21)10-25-19(18)24)12-3-2-4-15(7-12)26-20(27)13-5-6-16(22)17(23)8-13/h2-11H,1H3,(H2,24,25)(H,26,27). The number of ether oxygens (including phenoxy) is 1. The lowest BCUT2D eigenvalue weighted by atomic mass is 10.1. The molecule has 1 atom stereocenters. The molecule has 2 aromatic carbocycles. The summed E-state index contributed by atoms with van der Waals surface area (Å²) in [6.45, 7) is 1.86. The third-order valence-electron chi connectivity index (χ3n) is 3.95. The molecule has 0 fully saturated rings. The van der Waals surface area contributed by atoms with Gasteiger partial charge < -0.3 is 15.8 Å². The van der Waals surface area contributed by atoms with Crippen LogP contribution < -0.4 is 15.8 Å².